The zero-order valence-electron chi connectivity index (χ0n) is 10.3. The van der Waals surface area contributed by atoms with Gasteiger partial charge in [-0.1, -0.05) is 40.5 Å². The molecule has 14 heavy (non-hydrogen) atoms. The first-order valence-electron chi connectivity index (χ1n) is 6.16. The van der Waals surface area contributed by atoms with Crippen molar-refractivity contribution in [1.82, 2.24) is 0 Å². The number of hydrogen-bond acceptors (Lipinski definition) is 1. The number of aliphatic hydroxyl groups is 1. The van der Waals surface area contributed by atoms with E-state index in [4.69, 9.17) is 0 Å². The van der Waals surface area contributed by atoms with Crippen LogP contribution in [0.15, 0.2) is 0 Å². The molecular formula is C13H26O. The Morgan fingerprint density at radius 2 is 2.00 bits per heavy atom. The van der Waals surface area contributed by atoms with Crippen molar-refractivity contribution in [1.29, 1.82) is 0 Å². The van der Waals surface area contributed by atoms with Gasteiger partial charge in [-0.15, -0.1) is 0 Å². The van der Waals surface area contributed by atoms with Crippen LogP contribution in [-0.4, -0.2) is 10.7 Å². The van der Waals surface area contributed by atoms with Gasteiger partial charge in [-0.05, 0) is 37.0 Å². The Bertz CT molecular complexity index is 186. The summed E-state index contributed by atoms with van der Waals surface area (Å²) in [4.78, 5) is 0. The molecule has 1 saturated carbocycles. The molecule has 1 aliphatic carbocycles. The molecule has 1 rings (SSSR count). The van der Waals surface area contributed by atoms with E-state index in [0.29, 0.717) is 11.3 Å². The highest BCUT2D eigenvalue weighted by Crippen LogP contribution is 2.44. The van der Waals surface area contributed by atoms with Crippen molar-refractivity contribution >= 4 is 0 Å². The lowest BCUT2D eigenvalue weighted by Crippen LogP contribution is -2.34. The van der Waals surface area contributed by atoms with Crippen molar-refractivity contribution in [3.63, 3.8) is 0 Å². The topological polar surface area (TPSA) is 20.2 Å². The summed E-state index contributed by atoms with van der Waals surface area (Å²) in [5, 5.41) is 10.4. The van der Waals surface area contributed by atoms with Gasteiger partial charge in [0.2, 0.25) is 0 Å². The smallest absolute Gasteiger partial charge is 0.0673 e. The van der Waals surface area contributed by atoms with E-state index in [9.17, 15) is 5.11 Å². The molecule has 2 atom stereocenters. The van der Waals surface area contributed by atoms with Crippen LogP contribution in [0.5, 0.6) is 0 Å². The predicted molar refractivity (Wildman–Crippen MR) is 61.3 cm³/mol. The van der Waals surface area contributed by atoms with Crippen LogP contribution in [0.4, 0.5) is 0 Å². The van der Waals surface area contributed by atoms with E-state index in [1.54, 1.807) is 0 Å². The van der Waals surface area contributed by atoms with Gasteiger partial charge in [-0.3, -0.25) is 0 Å². The minimum Gasteiger partial charge on any atom is -0.390 e. The first kappa shape index (κ1) is 12.0. The molecular weight excluding hydrogens is 172 g/mol. The fourth-order valence-corrected chi connectivity index (χ4v) is 2.70. The van der Waals surface area contributed by atoms with Crippen molar-refractivity contribution in [2.45, 2.75) is 71.8 Å². The van der Waals surface area contributed by atoms with E-state index in [1.165, 1.54) is 25.7 Å². The van der Waals surface area contributed by atoms with Crippen LogP contribution in [0.1, 0.15) is 66.2 Å². The Morgan fingerprint density at radius 3 is 2.50 bits per heavy atom. The van der Waals surface area contributed by atoms with Crippen LogP contribution in [0.25, 0.3) is 0 Å². The molecule has 1 aliphatic rings. The summed E-state index contributed by atoms with van der Waals surface area (Å²) in [6, 6.07) is 0. The van der Waals surface area contributed by atoms with Crippen molar-refractivity contribution in [3.8, 4) is 0 Å². The highest BCUT2D eigenvalue weighted by molar-refractivity contribution is 4.93. The molecule has 0 aromatic heterocycles. The Balaban J connectivity index is 2.60. The molecule has 1 fully saturated rings. The van der Waals surface area contributed by atoms with Crippen molar-refractivity contribution in [2.75, 3.05) is 0 Å². The zero-order chi connectivity index (χ0) is 10.8. The summed E-state index contributed by atoms with van der Waals surface area (Å²) >= 11 is 0. The zero-order valence-corrected chi connectivity index (χ0v) is 10.3. The second-order valence-corrected chi connectivity index (χ2v) is 5.77. The summed E-state index contributed by atoms with van der Waals surface area (Å²) in [7, 11) is 0. The Labute approximate surface area is 88.9 Å². The largest absolute Gasteiger partial charge is 0.390 e. The predicted octanol–water partition coefficient (Wildman–Crippen LogP) is 3.75. The van der Waals surface area contributed by atoms with Crippen LogP contribution < -0.4 is 0 Å². The molecule has 1 heteroatoms. The highest BCUT2D eigenvalue weighted by Gasteiger charge is 2.41. The van der Waals surface area contributed by atoms with Gasteiger partial charge in [0.05, 0.1) is 5.60 Å². The second-order valence-electron chi connectivity index (χ2n) is 5.77. The van der Waals surface area contributed by atoms with E-state index in [1.807, 2.05) is 0 Å². The normalized spacial score (nSPS) is 33.6. The number of rotatable bonds is 4. The van der Waals surface area contributed by atoms with Crippen LogP contribution in [0, 0.1) is 11.3 Å². The Morgan fingerprint density at radius 1 is 1.36 bits per heavy atom. The fourth-order valence-electron chi connectivity index (χ4n) is 2.70. The average Bonchev–Trinajstić information content (AvgIpc) is 2.48. The van der Waals surface area contributed by atoms with E-state index >= 15 is 0 Å². The second kappa shape index (κ2) is 4.22. The third-order valence-corrected chi connectivity index (χ3v) is 4.29. The molecule has 84 valence electrons. The standard InChI is InChI=1S/C13H26O/c1-5-12(3,4)10-11-8-7-9-13(11,14)6-2/h11,14H,5-10H2,1-4H3. The van der Waals surface area contributed by atoms with Gasteiger partial charge in [-0.2, -0.15) is 0 Å². The molecule has 1 nitrogen and oxygen atoms in total. The summed E-state index contributed by atoms with van der Waals surface area (Å²) in [5.74, 6) is 0.544. The summed E-state index contributed by atoms with van der Waals surface area (Å²) in [6.45, 7) is 9.01. The molecule has 0 heterocycles. The maximum atomic E-state index is 10.4. The SMILES string of the molecule is CCC(C)(C)CC1CCCC1(O)CC. The van der Waals surface area contributed by atoms with Gasteiger partial charge in [0.25, 0.3) is 0 Å². The molecule has 0 aromatic carbocycles. The average molecular weight is 198 g/mol. The van der Waals surface area contributed by atoms with Crippen molar-refractivity contribution < 1.29 is 5.11 Å². The lowest BCUT2D eigenvalue weighted by atomic mass is 9.74. The van der Waals surface area contributed by atoms with Crippen LogP contribution in [-0.2, 0) is 0 Å². The molecule has 0 aromatic rings. The van der Waals surface area contributed by atoms with Gasteiger partial charge < -0.3 is 5.11 Å². The summed E-state index contributed by atoms with van der Waals surface area (Å²) < 4.78 is 0. The molecule has 0 aliphatic heterocycles. The van der Waals surface area contributed by atoms with E-state index in [0.717, 1.165) is 12.8 Å². The van der Waals surface area contributed by atoms with Crippen LogP contribution in [0.2, 0.25) is 0 Å². The molecule has 0 bridgehead atoms. The lowest BCUT2D eigenvalue weighted by molar-refractivity contribution is -0.0173. The van der Waals surface area contributed by atoms with E-state index in [-0.39, 0.29) is 5.60 Å². The van der Waals surface area contributed by atoms with Gasteiger partial charge in [-0.25, -0.2) is 0 Å². The van der Waals surface area contributed by atoms with Gasteiger partial charge in [0.15, 0.2) is 0 Å². The Kier molecular flexibility index (Phi) is 3.63. The maximum absolute atomic E-state index is 10.4. The molecule has 1 N–H and O–H groups in total. The van der Waals surface area contributed by atoms with Gasteiger partial charge in [0, 0.05) is 0 Å². The highest BCUT2D eigenvalue weighted by atomic mass is 16.3. The van der Waals surface area contributed by atoms with Gasteiger partial charge >= 0.3 is 0 Å². The molecule has 0 saturated heterocycles. The molecule has 0 radical (unpaired) electrons. The first-order chi connectivity index (χ1) is 6.43. The minimum atomic E-state index is -0.341. The first-order valence-corrected chi connectivity index (χ1v) is 6.16. The monoisotopic (exact) mass is 198 g/mol. The van der Waals surface area contributed by atoms with Crippen LogP contribution >= 0.6 is 0 Å². The quantitative estimate of drug-likeness (QED) is 0.729. The summed E-state index contributed by atoms with van der Waals surface area (Å²) in [5.41, 5.74) is 0.0601. The lowest BCUT2D eigenvalue weighted by Gasteiger charge is -2.35. The molecule has 0 amide bonds. The third kappa shape index (κ3) is 2.50. The van der Waals surface area contributed by atoms with Crippen LogP contribution in [0.3, 0.4) is 0 Å². The maximum Gasteiger partial charge on any atom is 0.0673 e. The van der Waals surface area contributed by atoms with Crippen molar-refractivity contribution in [2.24, 2.45) is 11.3 Å². The van der Waals surface area contributed by atoms with Crippen molar-refractivity contribution in [3.05, 3.63) is 0 Å². The molecule has 0 spiro atoms. The fraction of sp³-hybridized carbons (Fsp3) is 1.00. The molecule has 2 unspecified atom stereocenters. The minimum absolute atomic E-state index is 0.341. The summed E-state index contributed by atoms with van der Waals surface area (Å²) in [6.07, 6.45) is 6.80. The number of hydrogen-bond donors (Lipinski definition) is 1. The van der Waals surface area contributed by atoms with Gasteiger partial charge in [0.1, 0.15) is 0 Å². The van der Waals surface area contributed by atoms with E-state index in [2.05, 4.69) is 27.7 Å². The van der Waals surface area contributed by atoms with E-state index < -0.39 is 0 Å². The third-order valence-electron chi connectivity index (χ3n) is 4.29. The Hall–Kier alpha value is -0.0400.